The molecule has 12 heavy (non-hydrogen) atoms. The number of aromatic nitrogens is 1. The quantitative estimate of drug-likeness (QED) is 0.727. The largest absolute Gasteiger partial charge is 0.492 e. The van der Waals surface area contributed by atoms with Gasteiger partial charge >= 0.3 is 0 Å². The van der Waals surface area contributed by atoms with Crippen molar-refractivity contribution in [2.75, 3.05) is 13.2 Å². The Morgan fingerprint density at radius 3 is 3.08 bits per heavy atom. The van der Waals surface area contributed by atoms with E-state index in [0.29, 0.717) is 19.1 Å². The van der Waals surface area contributed by atoms with Gasteiger partial charge in [0.2, 0.25) is 0 Å². The molecule has 3 nitrogen and oxygen atoms in total. The Balaban J connectivity index is 2.33. The summed E-state index contributed by atoms with van der Waals surface area (Å²) in [6, 6.07) is 3.73. The van der Waals surface area contributed by atoms with E-state index < -0.39 is 0 Å². The summed E-state index contributed by atoms with van der Waals surface area (Å²) in [5.74, 6) is 1.20. The molecule has 1 aromatic rings. The second-order valence-electron chi connectivity index (χ2n) is 2.84. The highest BCUT2D eigenvalue weighted by atomic mass is 16.5. The Morgan fingerprint density at radius 2 is 2.50 bits per heavy atom. The maximum atomic E-state index is 5.44. The van der Waals surface area contributed by atoms with Crippen LogP contribution in [0.25, 0.3) is 0 Å². The molecule has 0 saturated carbocycles. The zero-order valence-corrected chi connectivity index (χ0v) is 7.23. The van der Waals surface area contributed by atoms with E-state index >= 15 is 0 Å². The van der Waals surface area contributed by atoms with Gasteiger partial charge in [0.05, 0.1) is 12.8 Å². The SMILES string of the molecule is CC(CN)COc1cccnc1. The highest BCUT2D eigenvalue weighted by Gasteiger charge is 1.99. The van der Waals surface area contributed by atoms with Crippen LogP contribution in [-0.4, -0.2) is 18.1 Å². The molecule has 0 amide bonds. The van der Waals surface area contributed by atoms with Gasteiger partial charge in [-0.15, -0.1) is 0 Å². The molecule has 1 aromatic heterocycles. The van der Waals surface area contributed by atoms with Crippen LogP contribution in [0.4, 0.5) is 0 Å². The molecule has 1 rings (SSSR count). The fourth-order valence-electron chi connectivity index (χ4n) is 0.739. The van der Waals surface area contributed by atoms with Crippen LogP contribution in [0.1, 0.15) is 6.92 Å². The van der Waals surface area contributed by atoms with E-state index in [0.717, 1.165) is 5.75 Å². The van der Waals surface area contributed by atoms with Crippen molar-refractivity contribution in [1.29, 1.82) is 0 Å². The number of pyridine rings is 1. The molecule has 2 N–H and O–H groups in total. The number of hydrogen-bond donors (Lipinski definition) is 1. The number of hydrogen-bond acceptors (Lipinski definition) is 3. The first-order valence-electron chi connectivity index (χ1n) is 4.06. The van der Waals surface area contributed by atoms with Gasteiger partial charge in [0.15, 0.2) is 0 Å². The Hall–Kier alpha value is -1.09. The summed E-state index contributed by atoms with van der Waals surface area (Å²) >= 11 is 0. The number of rotatable bonds is 4. The predicted molar refractivity (Wildman–Crippen MR) is 48.0 cm³/mol. The summed E-state index contributed by atoms with van der Waals surface area (Å²) in [5.41, 5.74) is 5.44. The molecule has 1 atom stereocenters. The summed E-state index contributed by atoms with van der Waals surface area (Å²) in [6.45, 7) is 3.36. The zero-order valence-electron chi connectivity index (χ0n) is 7.23. The van der Waals surface area contributed by atoms with Gasteiger partial charge in [-0.2, -0.15) is 0 Å². The molecule has 1 heterocycles. The lowest BCUT2D eigenvalue weighted by Crippen LogP contribution is -2.18. The fraction of sp³-hybridized carbons (Fsp3) is 0.444. The average Bonchev–Trinajstić information content (AvgIpc) is 2.16. The van der Waals surface area contributed by atoms with Crippen molar-refractivity contribution in [2.24, 2.45) is 11.7 Å². The van der Waals surface area contributed by atoms with Crippen LogP contribution in [0.15, 0.2) is 24.5 Å². The maximum absolute atomic E-state index is 5.44. The highest BCUT2D eigenvalue weighted by Crippen LogP contribution is 2.07. The molecule has 0 radical (unpaired) electrons. The lowest BCUT2D eigenvalue weighted by atomic mass is 10.2. The minimum Gasteiger partial charge on any atom is -0.492 e. The Morgan fingerprint density at radius 1 is 1.67 bits per heavy atom. The Labute approximate surface area is 72.6 Å². The predicted octanol–water partition coefficient (Wildman–Crippen LogP) is 1.06. The van der Waals surface area contributed by atoms with Crippen molar-refractivity contribution in [1.82, 2.24) is 4.98 Å². The first kappa shape index (κ1) is 9.00. The van der Waals surface area contributed by atoms with E-state index in [2.05, 4.69) is 11.9 Å². The van der Waals surface area contributed by atoms with E-state index in [-0.39, 0.29) is 0 Å². The lowest BCUT2D eigenvalue weighted by molar-refractivity contribution is 0.263. The highest BCUT2D eigenvalue weighted by molar-refractivity contribution is 5.15. The second kappa shape index (κ2) is 4.72. The van der Waals surface area contributed by atoms with Crippen LogP contribution in [0.2, 0.25) is 0 Å². The summed E-state index contributed by atoms with van der Waals surface area (Å²) in [4.78, 5) is 3.93. The Bertz CT molecular complexity index is 213. The van der Waals surface area contributed by atoms with Crippen LogP contribution in [-0.2, 0) is 0 Å². The topological polar surface area (TPSA) is 48.1 Å². The van der Waals surface area contributed by atoms with Crippen LogP contribution in [0, 0.1) is 5.92 Å². The first-order chi connectivity index (χ1) is 5.83. The molecular formula is C9H14N2O. The zero-order chi connectivity index (χ0) is 8.81. The van der Waals surface area contributed by atoms with Crippen LogP contribution >= 0.6 is 0 Å². The second-order valence-corrected chi connectivity index (χ2v) is 2.84. The standard InChI is InChI=1S/C9H14N2O/c1-8(5-10)7-12-9-3-2-4-11-6-9/h2-4,6,8H,5,7,10H2,1H3. The van der Waals surface area contributed by atoms with E-state index in [1.807, 2.05) is 12.1 Å². The van der Waals surface area contributed by atoms with Crippen molar-refractivity contribution < 1.29 is 4.74 Å². The first-order valence-corrected chi connectivity index (χ1v) is 4.06. The maximum Gasteiger partial charge on any atom is 0.137 e. The van der Waals surface area contributed by atoms with Gasteiger partial charge in [-0.1, -0.05) is 6.92 Å². The molecule has 0 spiro atoms. The van der Waals surface area contributed by atoms with Crippen LogP contribution in [0.5, 0.6) is 5.75 Å². The summed E-state index contributed by atoms with van der Waals surface area (Å²) in [7, 11) is 0. The fourth-order valence-corrected chi connectivity index (χ4v) is 0.739. The molecule has 0 saturated heterocycles. The summed E-state index contributed by atoms with van der Waals surface area (Å²) in [6.07, 6.45) is 3.42. The lowest BCUT2D eigenvalue weighted by Gasteiger charge is -2.09. The summed E-state index contributed by atoms with van der Waals surface area (Å²) in [5, 5.41) is 0. The van der Waals surface area contributed by atoms with E-state index in [1.165, 1.54) is 0 Å². The van der Waals surface area contributed by atoms with Crippen molar-refractivity contribution in [3.63, 3.8) is 0 Å². The van der Waals surface area contributed by atoms with Gasteiger partial charge in [-0.05, 0) is 18.7 Å². The monoisotopic (exact) mass is 166 g/mol. The number of ether oxygens (including phenoxy) is 1. The number of nitrogens with two attached hydrogens (primary N) is 1. The van der Waals surface area contributed by atoms with Crippen LogP contribution < -0.4 is 10.5 Å². The van der Waals surface area contributed by atoms with Gasteiger partial charge in [0.25, 0.3) is 0 Å². The third-order valence-electron chi connectivity index (χ3n) is 1.57. The third kappa shape index (κ3) is 2.88. The van der Waals surface area contributed by atoms with Crippen molar-refractivity contribution in [3.05, 3.63) is 24.5 Å². The molecule has 0 fully saturated rings. The molecule has 0 bridgehead atoms. The van der Waals surface area contributed by atoms with Crippen LogP contribution in [0.3, 0.4) is 0 Å². The van der Waals surface area contributed by atoms with Gasteiger partial charge in [0.1, 0.15) is 5.75 Å². The van der Waals surface area contributed by atoms with Gasteiger partial charge < -0.3 is 10.5 Å². The van der Waals surface area contributed by atoms with Gasteiger partial charge in [-0.3, -0.25) is 4.98 Å². The number of nitrogens with zero attached hydrogens (tertiary/aromatic N) is 1. The van der Waals surface area contributed by atoms with Crippen molar-refractivity contribution >= 4 is 0 Å². The van der Waals surface area contributed by atoms with E-state index in [1.54, 1.807) is 12.4 Å². The molecule has 66 valence electrons. The molecule has 0 aliphatic heterocycles. The molecule has 3 heteroatoms. The minimum atomic E-state index is 0.394. The van der Waals surface area contributed by atoms with E-state index in [9.17, 15) is 0 Å². The molecular weight excluding hydrogens is 152 g/mol. The van der Waals surface area contributed by atoms with E-state index in [4.69, 9.17) is 10.5 Å². The third-order valence-corrected chi connectivity index (χ3v) is 1.57. The van der Waals surface area contributed by atoms with Crippen molar-refractivity contribution in [2.45, 2.75) is 6.92 Å². The molecule has 0 aromatic carbocycles. The van der Waals surface area contributed by atoms with Gasteiger partial charge in [-0.25, -0.2) is 0 Å². The normalized spacial score (nSPS) is 12.5. The molecule has 0 aliphatic rings. The molecule has 1 unspecified atom stereocenters. The van der Waals surface area contributed by atoms with Crippen molar-refractivity contribution in [3.8, 4) is 5.75 Å². The Kier molecular flexibility index (Phi) is 3.54. The molecule has 0 aliphatic carbocycles. The minimum absolute atomic E-state index is 0.394. The summed E-state index contributed by atoms with van der Waals surface area (Å²) < 4.78 is 5.42. The van der Waals surface area contributed by atoms with Gasteiger partial charge in [0, 0.05) is 12.1 Å². The average molecular weight is 166 g/mol. The smallest absolute Gasteiger partial charge is 0.137 e.